The third-order valence-corrected chi connectivity index (χ3v) is 4.29. The van der Waals surface area contributed by atoms with E-state index in [1.54, 1.807) is 0 Å². The van der Waals surface area contributed by atoms with E-state index in [-0.39, 0.29) is 12.3 Å². The van der Waals surface area contributed by atoms with E-state index in [9.17, 15) is 5.11 Å². The van der Waals surface area contributed by atoms with Gasteiger partial charge in [-0.25, -0.2) is 4.98 Å². The second-order valence-corrected chi connectivity index (χ2v) is 5.57. The summed E-state index contributed by atoms with van der Waals surface area (Å²) in [6, 6.07) is 0. The van der Waals surface area contributed by atoms with Crippen molar-refractivity contribution in [2.45, 2.75) is 50.9 Å². The fourth-order valence-corrected chi connectivity index (χ4v) is 3.44. The van der Waals surface area contributed by atoms with Gasteiger partial charge in [0.25, 0.3) is 0 Å². The predicted molar refractivity (Wildman–Crippen MR) is 65.3 cm³/mol. The number of likely N-dealkylation sites (N-methyl/N-ethyl adjacent to an activating group) is 1. The lowest BCUT2D eigenvalue weighted by Gasteiger charge is -2.28. The molecule has 2 unspecified atom stereocenters. The quantitative estimate of drug-likeness (QED) is 0.868. The summed E-state index contributed by atoms with van der Waals surface area (Å²) in [5.74, 6) is 0.728. The van der Waals surface area contributed by atoms with Crippen molar-refractivity contribution < 1.29 is 5.11 Å². The van der Waals surface area contributed by atoms with Gasteiger partial charge < -0.3 is 9.67 Å². The first-order valence-corrected chi connectivity index (χ1v) is 6.64. The van der Waals surface area contributed by atoms with E-state index >= 15 is 0 Å². The summed E-state index contributed by atoms with van der Waals surface area (Å²) < 4.78 is 2.12. The monoisotopic (exact) mass is 235 g/mol. The topological polar surface area (TPSA) is 41.3 Å². The van der Waals surface area contributed by atoms with Crippen molar-refractivity contribution in [3.63, 3.8) is 0 Å². The highest BCUT2D eigenvalue weighted by Crippen LogP contribution is 2.34. The van der Waals surface area contributed by atoms with Crippen LogP contribution in [0.15, 0.2) is 12.5 Å². The van der Waals surface area contributed by atoms with Crippen molar-refractivity contribution in [1.29, 1.82) is 0 Å². The van der Waals surface area contributed by atoms with Crippen LogP contribution in [-0.2, 0) is 6.54 Å². The number of imidazole rings is 1. The van der Waals surface area contributed by atoms with Gasteiger partial charge >= 0.3 is 0 Å². The maximum absolute atomic E-state index is 10.5. The summed E-state index contributed by atoms with van der Waals surface area (Å²) in [4.78, 5) is 6.39. The first kappa shape index (κ1) is 11.2. The van der Waals surface area contributed by atoms with Crippen molar-refractivity contribution in [3.05, 3.63) is 18.2 Å². The Kier molecular flexibility index (Phi) is 2.92. The molecule has 1 aromatic heterocycles. The van der Waals surface area contributed by atoms with Crippen molar-refractivity contribution >= 4 is 0 Å². The van der Waals surface area contributed by atoms with Gasteiger partial charge in [-0.1, -0.05) is 25.7 Å². The molecular formula is C13H21N3O. The molecule has 1 aliphatic heterocycles. The SMILES string of the molecule is CN1Cc2cncn2C1C(O)CC1CCCC1. The van der Waals surface area contributed by atoms with Gasteiger partial charge in [-0.3, -0.25) is 4.90 Å². The highest BCUT2D eigenvalue weighted by Gasteiger charge is 2.34. The summed E-state index contributed by atoms with van der Waals surface area (Å²) in [7, 11) is 2.08. The Labute approximate surface area is 102 Å². The summed E-state index contributed by atoms with van der Waals surface area (Å²) in [6.07, 6.45) is 9.79. The van der Waals surface area contributed by atoms with Gasteiger partial charge in [0.2, 0.25) is 0 Å². The molecule has 0 radical (unpaired) electrons. The maximum Gasteiger partial charge on any atom is 0.114 e. The molecule has 0 aromatic carbocycles. The molecule has 1 fully saturated rings. The van der Waals surface area contributed by atoms with Crippen LogP contribution in [0.2, 0.25) is 0 Å². The molecule has 2 heterocycles. The molecule has 1 N–H and O–H groups in total. The Morgan fingerprint density at radius 2 is 2.24 bits per heavy atom. The highest BCUT2D eigenvalue weighted by molar-refractivity contribution is 5.06. The molecule has 0 saturated heterocycles. The van der Waals surface area contributed by atoms with Crippen LogP contribution in [0.3, 0.4) is 0 Å². The third kappa shape index (κ3) is 2.00. The molecular weight excluding hydrogens is 214 g/mol. The van der Waals surface area contributed by atoms with Gasteiger partial charge in [-0.05, 0) is 19.4 Å². The minimum atomic E-state index is -0.265. The second kappa shape index (κ2) is 4.42. The lowest BCUT2D eigenvalue weighted by atomic mass is 9.98. The number of nitrogens with zero attached hydrogens (tertiary/aromatic N) is 3. The van der Waals surface area contributed by atoms with Crippen LogP contribution in [0.4, 0.5) is 0 Å². The summed E-state index contributed by atoms with van der Waals surface area (Å²) >= 11 is 0. The van der Waals surface area contributed by atoms with E-state index in [4.69, 9.17) is 0 Å². The Balaban J connectivity index is 1.70. The molecule has 2 atom stereocenters. The van der Waals surface area contributed by atoms with Crippen LogP contribution in [0.25, 0.3) is 0 Å². The minimum Gasteiger partial charge on any atom is -0.390 e. The lowest BCUT2D eigenvalue weighted by molar-refractivity contribution is 0.0222. The number of aromatic nitrogens is 2. The zero-order valence-corrected chi connectivity index (χ0v) is 10.4. The van der Waals surface area contributed by atoms with E-state index in [1.165, 1.54) is 31.4 Å². The molecule has 1 aliphatic carbocycles. The number of fused-ring (bicyclic) bond motifs is 1. The Morgan fingerprint density at radius 3 is 3.00 bits per heavy atom. The normalized spacial score (nSPS) is 27.5. The van der Waals surface area contributed by atoms with Gasteiger partial charge in [-0.2, -0.15) is 0 Å². The molecule has 1 aromatic rings. The van der Waals surface area contributed by atoms with Crippen LogP contribution in [0.5, 0.6) is 0 Å². The molecule has 0 amide bonds. The first-order chi connectivity index (χ1) is 8.25. The smallest absolute Gasteiger partial charge is 0.114 e. The zero-order chi connectivity index (χ0) is 11.8. The number of hydrogen-bond donors (Lipinski definition) is 1. The maximum atomic E-state index is 10.5. The summed E-state index contributed by atoms with van der Waals surface area (Å²) in [5, 5.41) is 10.5. The van der Waals surface area contributed by atoms with Crippen LogP contribution in [0, 0.1) is 5.92 Å². The molecule has 0 bridgehead atoms. The van der Waals surface area contributed by atoms with Crippen LogP contribution >= 0.6 is 0 Å². The Hall–Kier alpha value is -0.870. The molecule has 17 heavy (non-hydrogen) atoms. The van der Waals surface area contributed by atoms with Crippen LogP contribution in [-0.4, -0.2) is 32.7 Å². The van der Waals surface area contributed by atoms with E-state index < -0.39 is 0 Å². The third-order valence-electron chi connectivity index (χ3n) is 4.29. The average molecular weight is 235 g/mol. The van der Waals surface area contributed by atoms with Crippen molar-refractivity contribution in [1.82, 2.24) is 14.5 Å². The highest BCUT2D eigenvalue weighted by atomic mass is 16.3. The number of aliphatic hydroxyl groups is 1. The summed E-state index contributed by atoms with van der Waals surface area (Å²) in [6.45, 7) is 0.895. The first-order valence-electron chi connectivity index (χ1n) is 6.64. The predicted octanol–water partition coefficient (Wildman–Crippen LogP) is 1.77. The van der Waals surface area contributed by atoms with Gasteiger partial charge in [0, 0.05) is 12.7 Å². The van der Waals surface area contributed by atoms with E-state index in [2.05, 4.69) is 21.5 Å². The lowest BCUT2D eigenvalue weighted by Crippen LogP contribution is -2.33. The van der Waals surface area contributed by atoms with Crippen molar-refractivity contribution in [2.24, 2.45) is 5.92 Å². The van der Waals surface area contributed by atoms with Gasteiger partial charge in [0.1, 0.15) is 6.17 Å². The van der Waals surface area contributed by atoms with E-state index in [1.807, 2.05) is 12.5 Å². The summed E-state index contributed by atoms with van der Waals surface area (Å²) in [5.41, 5.74) is 1.21. The largest absolute Gasteiger partial charge is 0.390 e. The molecule has 4 nitrogen and oxygen atoms in total. The molecule has 94 valence electrons. The van der Waals surface area contributed by atoms with Gasteiger partial charge in [-0.15, -0.1) is 0 Å². The van der Waals surface area contributed by atoms with Crippen LogP contribution in [0.1, 0.15) is 44.0 Å². The second-order valence-electron chi connectivity index (χ2n) is 5.57. The Morgan fingerprint density at radius 1 is 1.47 bits per heavy atom. The van der Waals surface area contributed by atoms with E-state index in [0.29, 0.717) is 0 Å². The molecule has 1 saturated carbocycles. The van der Waals surface area contributed by atoms with Gasteiger partial charge in [0.15, 0.2) is 0 Å². The van der Waals surface area contributed by atoms with Gasteiger partial charge in [0.05, 0.1) is 18.1 Å². The van der Waals surface area contributed by atoms with Crippen molar-refractivity contribution in [3.8, 4) is 0 Å². The minimum absolute atomic E-state index is 0.0908. The number of hydrogen-bond acceptors (Lipinski definition) is 3. The standard InChI is InChI=1S/C13H21N3O/c1-15-8-11-7-14-9-16(11)13(15)12(17)6-10-4-2-3-5-10/h7,9-10,12-13,17H,2-6,8H2,1H3. The zero-order valence-electron chi connectivity index (χ0n) is 10.4. The average Bonchev–Trinajstić information content (AvgIpc) is 2.93. The Bertz CT molecular complexity index is 384. The number of rotatable bonds is 3. The molecule has 3 rings (SSSR count). The molecule has 0 spiro atoms. The van der Waals surface area contributed by atoms with Crippen molar-refractivity contribution in [2.75, 3.05) is 7.05 Å². The fourth-order valence-electron chi connectivity index (χ4n) is 3.44. The van der Waals surface area contributed by atoms with E-state index in [0.717, 1.165) is 18.9 Å². The molecule has 2 aliphatic rings. The van der Waals surface area contributed by atoms with Crippen LogP contribution < -0.4 is 0 Å². The molecule has 4 heteroatoms. The number of aliphatic hydroxyl groups excluding tert-OH is 1. The fraction of sp³-hybridized carbons (Fsp3) is 0.769.